The Morgan fingerprint density at radius 1 is 1.24 bits per heavy atom. The first kappa shape index (κ1) is 11.9. The van der Waals surface area contributed by atoms with Crippen LogP contribution in [0, 0.1) is 11.6 Å². The summed E-state index contributed by atoms with van der Waals surface area (Å²) in [5.74, 6) is -2.21. The van der Waals surface area contributed by atoms with E-state index in [0.717, 1.165) is 12.1 Å². The smallest absolute Gasteiger partial charge is 0.215 e. The lowest BCUT2D eigenvalue weighted by molar-refractivity contribution is 0.103. The average Bonchev–Trinajstić information content (AvgIpc) is 2.29. The van der Waals surface area contributed by atoms with E-state index in [1.54, 1.807) is 12.1 Å². The van der Waals surface area contributed by atoms with Crippen molar-refractivity contribution in [1.82, 2.24) is 4.98 Å². The Labute approximate surface area is 104 Å². The molecule has 0 amide bonds. The van der Waals surface area contributed by atoms with Gasteiger partial charge in [0.15, 0.2) is 0 Å². The molecule has 1 aromatic heterocycles. The first-order valence-corrected chi connectivity index (χ1v) is 5.49. The van der Waals surface area contributed by atoms with Crippen LogP contribution in [0.3, 0.4) is 0 Å². The van der Waals surface area contributed by atoms with Crippen LogP contribution in [0.5, 0.6) is 0 Å². The molecule has 2 aromatic rings. The second kappa shape index (κ2) is 4.71. The summed E-state index contributed by atoms with van der Waals surface area (Å²) >= 11 is 3.15. The third kappa shape index (κ3) is 2.39. The fourth-order valence-corrected chi connectivity index (χ4v) is 1.79. The fourth-order valence-electron chi connectivity index (χ4n) is 1.35. The quantitative estimate of drug-likeness (QED) is 0.796. The second-order valence-corrected chi connectivity index (χ2v) is 4.14. The molecule has 0 spiro atoms. The van der Waals surface area contributed by atoms with Crippen LogP contribution in [-0.2, 0) is 0 Å². The van der Waals surface area contributed by atoms with Gasteiger partial charge in [-0.2, -0.15) is 0 Å². The molecule has 0 aliphatic carbocycles. The van der Waals surface area contributed by atoms with E-state index in [2.05, 4.69) is 20.9 Å². The SMILES string of the molecule is O=C(c1ccc(F)cc1F)c1ncccc1Br. The fraction of sp³-hybridized carbons (Fsp3) is 0. The largest absolute Gasteiger partial charge is 0.287 e. The van der Waals surface area contributed by atoms with Crippen molar-refractivity contribution in [2.24, 2.45) is 0 Å². The number of hydrogen-bond donors (Lipinski definition) is 0. The summed E-state index contributed by atoms with van der Waals surface area (Å²) in [6.45, 7) is 0. The van der Waals surface area contributed by atoms with Gasteiger partial charge >= 0.3 is 0 Å². The maximum Gasteiger partial charge on any atom is 0.215 e. The number of ketones is 1. The molecule has 1 heterocycles. The van der Waals surface area contributed by atoms with Gasteiger partial charge in [-0.25, -0.2) is 8.78 Å². The van der Waals surface area contributed by atoms with E-state index in [-0.39, 0.29) is 11.3 Å². The molecule has 0 bridgehead atoms. The van der Waals surface area contributed by atoms with Crippen molar-refractivity contribution in [3.63, 3.8) is 0 Å². The molecule has 86 valence electrons. The van der Waals surface area contributed by atoms with Crippen molar-refractivity contribution in [1.29, 1.82) is 0 Å². The normalized spacial score (nSPS) is 10.3. The van der Waals surface area contributed by atoms with Crippen molar-refractivity contribution >= 4 is 21.7 Å². The Balaban J connectivity index is 2.48. The Hall–Kier alpha value is -1.62. The van der Waals surface area contributed by atoms with Crippen LogP contribution in [0.25, 0.3) is 0 Å². The van der Waals surface area contributed by atoms with Crippen LogP contribution in [0.1, 0.15) is 16.1 Å². The third-order valence-electron chi connectivity index (χ3n) is 2.15. The number of carbonyl (C=O) groups excluding carboxylic acids is 1. The van der Waals surface area contributed by atoms with E-state index in [1.807, 2.05) is 0 Å². The second-order valence-electron chi connectivity index (χ2n) is 3.29. The molecule has 2 rings (SSSR count). The van der Waals surface area contributed by atoms with E-state index >= 15 is 0 Å². The highest BCUT2D eigenvalue weighted by atomic mass is 79.9. The van der Waals surface area contributed by atoms with E-state index in [1.165, 1.54) is 6.20 Å². The molecule has 5 heteroatoms. The molecule has 2 nitrogen and oxygen atoms in total. The molecule has 0 saturated heterocycles. The Morgan fingerprint density at radius 2 is 2.00 bits per heavy atom. The number of nitrogens with zero attached hydrogens (tertiary/aromatic N) is 1. The average molecular weight is 298 g/mol. The summed E-state index contributed by atoms with van der Waals surface area (Å²) < 4.78 is 26.6. The molecule has 1 aromatic carbocycles. The van der Waals surface area contributed by atoms with Crippen molar-refractivity contribution < 1.29 is 13.6 Å². The molecule has 0 atom stereocenters. The highest BCUT2D eigenvalue weighted by Gasteiger charge is 2.17. The van der Waals surface area contributed by atoms with Gasteiger partial charge in [0.1, 0.15) is 17.3 Å². The topological polar surface area (TPSA) is 30.0 Å². The number of halogens is 3. The number of hydrogen-bond acceptors (Lipinski definition) is 2. The zero-order valence-corrected chi connectivity index (χ0v) is 10.0. The van der Waals surface area contributed by atoms with Crippen molar-refractivity contribution in [3.8, 4) is 0 Å². The van der Waals surface area contributed by atoms with E-state index < -0.39 is 17.4 Å². The summed E-state index contributed by atoms with van der Waals surface area (Å²) in [4.78, 5) is 15.8. The van der Waals surface area contributed by atoms with Crippen LogP contribution in [-0.4, -0.2) is 10.8 Å². The molecular weight excluding hydrogens is 292 g/mol. The minimum absolute atomic E-state index is 0.0954. The summed E-state index contributed by atoms with van der Waals surface area (Å²) in [5, 5.41) is 0. The molecule has 0 N–H and O–H groups in total. The predicted molar refractivity (Wildman–Crippen MR) is 61.7 cm³/mol. The highest BCUT2D eigenvalue weighted by Crippen LogP contribution is 2.19. The summed E-state index contributed by atoms with van der Waals surface area (Å²) in [7, 11) is 0. The van der Waals surface area contributed by atoms with E-state index in [0.29, 0.717) is 10.5 Å². The van der Waals surface area contributed by atoms with Gasteiger partial charge in [-0.15, -0.1) is 0 Å². The molecule has 0 aliphatic heterocycles. The van der Waals surface area contributed by atoms with Crippen molar-refractivity contribution in [2.45, 2.75) is 0 Å². The lowest BCUT2D eigenvalue weighted by atomic mass is 10.1. The van der Waals surface area contributed by atoms with Gasteiger partial charge in [0, 0.05) is 16.7 Å². The molecule has 17 heavy (non-hydrogen) atoms. The predicted octanol–water partition coefficient (Wildman–Crippen LogP) is 3.35. The standard InChI is InChI=1S/C12H6BrF2NO/c13-9-2-1-5-16-11(9)12(17)8-4-3-7(14)6-10(8)15/h1-6H. The zero-order valence-electron chi connectivity index (χ0n) is 8.45. The first-order valence-electron chi connectivity index (χ1n) is 4.70. The molecule has 0 radical (unpaired) electrons. The third-order valence-corrected chi connectivity index (χ3v) is 2.79. The van der Waals surface area contributed by atoms with Crippen LogP contribution in [0.4, 0.5) is 8.78 Å². The van der Waals surface area contributed by atoms with Crippen LogP contribution in [0.2, 0.25) is 0 Å². The minimum atomic E-state index is -0.896. The number of benzene rings is 1. The molecule has 0 saturated carbocycles. The molecular formula is C12H6BrF2NO. The van der Waals surface area contributed by atoms with Gasteiger partial charge in [-0.05, 0) is 40.2 Å². The van der Waals surface area contributed by atoms with Gasteiger partial charge in [-0.3, -0.25) is 9.78 Å². The number of carbonyl (C=O) groups is 1. The lowest BCUT2D eigenvalue weighted by Gasteiger charge is -2.03. The first-order chi connectivity index (χ1) is 8.09. The maximum absolute atomic E-state index is 13.4. The summed E-state index contributed by atoms with van der Waals surface area (Å²) in [6, 6.07) is 6.08. The molecule has 0 fully saturated rings. The molecule has 0 aliphatic rings. The summed E-state index contributed by atoms with van der Waals surface area (Å²) in [5.41, 5.74) is -0.108. The zero-order chi connectivity index (χ0) is 12.4. The van der Waals surface area contributed by atoms with Crippen LogP contribution < -0.4 is 0 Å². The number of pyridine rings is 1. The van der Waals surface area contributed by atoms with Crippen molar-refractivity contribution in [3.05, 3.63) is 63.9 Å². The Bertz CT molecular complexity index is 586. The lowest BCUT2D eigenvalue weighted by Crippen LogP contribution is -2.07. The Morgan fingerprint density at radius 3 is 2.65 bits per heavy atom. The van der Waals surface area contributed by atoms with Crippen molar-refractivity contribution in [2.75, 3.05) is 0 Å². The van der Waals surface area contributed by atoms with E-state index in [9.17, 15) is 13.6 Å². The Kier molecular flexibility index (Phi) is 3.28. The van der Waals surface area contributed by atoms with Crippen LogP contribution >= 0.6 is 15.9 Å². The van der Waals surface area contributed by atoms with Gasteiger partial charge in [0.2, 0.25) is 5.78 Å². The molecule has 0 unspecified atom stereocenters. The maximum atomic E-state index is 13.4. The number of aromatic nitrogens is 1. The van der Waals surface area contributed by atoms with E-state index in [4.69, 9.17) is 0 Å². The number of rotatable bonds is 2. The van der Waals surface area contributed by atoms with Gasteiger partial charge in [-0.1, -0.05) is 0 Å². The minimum Gasteiger partial charge on any atom is -0.287 e. The van der Waals surface area contributed by atoms with Crippen LogP contribution in [0.15, 0.2) is 41.0 Å². The monoisotopic (exact) mass is 297 g/mol. The highest BCUT2D eigenvalue weighted by molar-refractivity contribution is 9.10. The van der Waals surface area contributed by atoms with Gasteiger partial charge in [0.05, 0.1) is 5.56 Å². The van der Waals surface area contributed by atoms with Gasteiger partial charge in [0.25, 0.3) is 0 Å². The summed E-state index contributed by atoms with van der Waals surface area (Å²) in [6.07, 6.45) is 1.43. The van der Waals surface area contributed by atoms with Gasteiger partial charge < -0.3 is 0 Å².